The second kappa shape index (κ2) is 16.1. The molecule has 0 radical (unpaired) electrons. The minimum Gasteiger partial charge on any atom is -0.395 e. The highest BCUT2D eigenvalue weighted by molar-refractivity contribution is 5.86. The average molecular weight is 510 g/mol. The molecule has 0 heterocycles. The van der Waals surface area contributed by atoms with Gasteiger partial charge in [-0.15, -0.1) is 0 Å². The summed E-state index contributed by atoms with van der Waals surface area (Å²) in [5, 5.41) is 14.0. The second-order valence-corrected chi connectivity index (χ2v) is 9.52. The first-order chi connectivity index (χ1) is 18.0. The van der Waals surface area contributed by atoms with Gasteiger partial charge in [0.05, 0.1) is 18.7 Å². The molecule has 3 N–H and O–H groups in total. The fourth-order valence-electron chi connectivity index (χ4n) is 5.20. The molecule has 7 heteroatoms. The van der Waals surface area contributed by atoms with E-state index in [-0.39, 0.29) is 30.9 Å². The minimum atomic E-state index is -0.531. The van der Waals surface area contributed by atoms with Gasteiger partial charge in [0.2, 0.25) is 5.91 Å². The van der Waals surface area contributed by atoms with Gasteiger partial charge in [0.1, 0.15) is 12.6 Å². The molecule has 202 valence electrons. The van der Waals surface area contributed by atoms with Crippen molar-refractivity contribution < 1.29 is 19.5 Å². The van der Waals surface area contributed by atoms with Gasteiger partial charge < -0.3 is 25.4 Å². The number of fused-ring (bicyclic) bond motifs is 1. The summed E-state index contributed by atoms with van der Waals surface area (Å²) >= 11 is 0. The molecule has 0 aliphatic heterocycles. The zero-order valence-corrected chi connectivity index (χ0v) is 22.7. The number of nitrogens with zero attached hydrogens (tertiary/aromatic N) is 1. The molecule has 0 bridgehead atoms. The normalized spacial score (nSPS) is 14.3. The van der Waals surface area contributed by atoms with E-state index in [9.17, 15) is 14.4 Å². The fourth-order valence-corrected chi connectivity index (χ4v) is 5.20. The average Bonchev–Trinajstić information content (AvgIpc) is 3.35. The number of carbonyl (C=O) groups excluding carboxylic acids is 3. The summed E-state index contributed by atoms with van der Waals surface area (Å²) < 4.78 is 0. The molecule has 0 fully saturated rings. The van der Waals surface area contributed by atoms with Gasteiger partial charge in [-0.1, -0.05) is 75.2 Å². The highest BCUT2D eigenvalue weighted by atomic mass is 16.3. The SMILES string of the molecule is CCC(CC)C(C=O)N(Cc1ccccc1C=O)C(=O)C(NC)C1Cc2ccccc2C1.CNCCO. The summed E-state index contributed by atoms with van der Waals surface area (Å²) in [6.45, 7) is 5.27. The molecule has 0 saturated heterocycles. The molecule has 1 aliphatic carbocycles. The Morgan fingerprint density at radius 3 is 2.08 bits per heavy atom. The molecule has 2 aromatic carbocycles. The lowest BCUT2D eigenvalue weighted by Gasteiger charge is -2.37. The highest BCUT2D eigenvalue weighted by Gasteiger charge is 2.38. The Morgan fingerprint density at radius 1 is 1.03 bits per heavy atom. The van der Waals surface area contributed by atoms with Crippen LogP contribution in [0.5, 0.6) is 0 Å². The van der Waals surface area contributed by atoms with Gasteiger partial charge in [0.15, 0.2) is 0 Å². The number of hydrogen-bond acceptors (Lipinski definition) is 6. The van der Waals surface area contributed by atoms with Crippen LogP contribution in [0.25, 0.3) is 0 Å². The minimum absolute atomic E-state index is 0.0677. The third kappa shape index (κ3) is 8.06. The van der Waals surface area contributed by atoms with Crippen molar-refractivity contribution in [3.05, 3.63) is 70.8 Å². The van der Waals surface area contributed by atoms with Crippen molar-refractivity contribution >= 4 is 18.5 Å². The van der Waals surface area contributed by atoms with Gasteiger partial charge in [-0.25, -0.2) is 0 Å². The second-order valence-electron chi connectivity index (χ2n) is 9.52. The third-order valence-electron chi connectivity index (χ3n) is 7.33. The molecule has 3 rings (SSSR count). The first-order valence-corrected chi connectivity index (χ1v) is 13.3. The van der Waals surface area contributed by atoms with Crippen LogP contribution in [0.4, 0.5) is 0 Å². The third-order valence-corrected chi connectivity index (χ3v) is 7.33. The molecule has 2 atom stereocenters. The van der Waals surface area contributed by atoms with Crippen LogP contribution in [0.1, 0.15) is 53.7 Å². The van der Waals surface area contributed by atoms with Crippen molar-refractivity contribution in [2.75, 3.05) is 27.2 Å². The Hall–Kier alpha value is -2.87. The van der Waals surface area contributed by atoms with E-state index in [4.69, 9.17) is 5.11 Å². The summed E-state index contributed by atoms with van der Waals surface area (Å²) in [5.41, 5.74) is 3.89. The molecule has 1 aliphatic rings. The first-order valence-electron chi connectivity index (χ1n) is 13.3. The summed E-state index contributed by atoms with van der Waals surface area (Å²) in [7, 11) is 3.62. The van der Waals surface area contributed by atoms with Crippen LogP contribution in [0.2, 0.25) is 0 Å². The van der Waals surface area contributed by atoms with Gasteiger partial charge in [0, 0.05) is 18.7 Å². The summed E-state index contributed by atoms with van der Waals surface area (Å²) in [6, 6.07) is 14.7. The predicted molar refractivity (Wildman–Crippen MR) is 148 cm³/mol. The van der Waals surface area contributed by atoms with Crippen LogP contribution in [-0.4, -0.2) is 67.8 Å². The number of benzene rings is 2. The smallest absolute Gasteiger partial charge is 0.240 e. The van der Waals surface area contributed by atoms with Gasteiger partial charge >= 0.3 is 0 Å². The molecule has 2 aromatic rings. The van der Waals surface area contributed by atoms with Gasteiger partial charge in [-0.3, -0.25) is 9.59 Å². The van der Waals surface area contributed by atoms with E-state index in [1.165, 1.54) is 11.1 Å². The largest absolute Gasteiger partial charge is 0.395 e. The van der Waals surface area contributed by atoms with E-state index in [1.54, 1.807) is 18.0 Å². The molecule has 2 unspecified atom stereocenters. The van der Waals surface area contributed by atoms with E-state index in [2.05, 4.69) is 36.6 Å². The molecule has 0 spiro atoms. The molecular weight excluding hydrogens is 466 g/mol. The van der Waals surface area contributed by atoms with E-state index >= 15 is 0 Å². The molecule has 37 heavy (non-hydrogen) atoms. The maximum Gasteiger partial charge on any atom is 0.240 e. The zero-order chi connectivity index (χ0) is 27.2. The Kier molecular flexibility index (Phi) is 13.2. The lowest BCUT2D eigenvalue weighted by molar-refractivity contribution is -0.142. The van der Waals surface area contributed by atoms with Gasteiger partial charge in [0.25, 0.3) is 0 Å². The number of aldehydes is 2. The topological polar surface area (TPSA) is 98.7 Å². The monoisotopic (exact) mass is 509 g/mol. The molecular formula is C30H43N3O4. The summed E-state index contributed by atoms with van der Waals surface area (Å²) in [4.78, 5) is 39.6. The number of hydrogen-bond donors (Lipinski definition) is 3. The van der Waals surface area contributed by atoms with E-state index in [1.807, 2.05) is 37.4 Å². The van der Waals surface area contributed by atoms with Gasteiger partial charge in [-0.2, -0.15) is 0 Å². The number of aliphatic hydroxyl groups excluding tert-OH is 1. The van der Waals surface area contributed by atoms with Crippen molar-refractivity contribution in [3.8, 4) is 0 Å². The lowest BCUT2D eigenvalue weighted by Crippen LogP contribution is -2.54. The van der Waals surface area contributed by atoms with Gasteiger partial charge in [-0.05, 0) is 55.5 Å². The van der Waals surface area contributed by atoms with Crippen molar-refractivity contribution in [1.82, 2.24) is 15.5 Å². The summed E-state index contributed by atoms with van der Waals surface area (Å²) in [6.07, 6.45) is 5.01. The number of aliphatic hydroxyl groups is 1. The van der Waals surface area contributed by atoms with Crippen molar-refractivity contribution in [1.29, 1.82) is 0 Å². The highest BCUT2D eigenvalue weighted by Crippen LogP contribution is 2.31. The van der Waals surface area contributed by atoms with Crippen molar-refractivity contribution in [3.63, 3.8) is 0 Å². The lowest BCUT2D eigenvalue weighted by atomic mass is 9.90. The maximum atomic E-state index is 14.0. The zero-order valence-electron chi connectivity index (χ0n) is 22.7. The van der Waals surface area contributed by atoms with Crippen molar-refractivity contribution in [2.24, 2.45) is 11.8 Å². The van der Waals surface area contributed by atoms with Crippen molar-refractivity contribution in [2.45, 2.75) is 58.2 Å². The van der Waals surface area contributed by atoms with Crippen LogP contribution < -0.4 is 10.6 Å². The van der Waals surface area contributed by atoms with E-state index < -0.39 is 12.1 Å². The standard InChI is InChI=1S/C27H34N2O3.C3H9NO/c1-4-19(5-2)25(18-31)29(16-22-12-8-9-13-23(22)17-30)27(32)26(28-3)24-14-20-10-6-7-11-21(20)15-24;1-4-2-3-5/h6-13,17-19,24-26,28H,4-5,14-16H2,1-3H3;4-5H,2-3H2,1H3. The predicted octanol–water partition coefficient (Wildman–Crippen LogP) is 3.03. The van der Waals surface area contributed by atoms with E-state index in [0.29, 0.717) is 12.1 Å². The number of carbonyl (C=O) groups is 3. The molecule has 0 saturated carbocycles. The maximum absolute atomic E-state index is 14.0. The number of amides is 1. The summed E-state index contributed by atoms with van der Waals surface area (Å²) in [5.74, 6) is 0.121. The number of nitrogens with one attached hydrogen (secondary N) is 2. The van der Waals surface area contributed by atoms with Crippen LogP contribution in [-0.2, 0) is 29.0 Å². The Bertz CT molecular complexity index is 965. The Labute approximate surface area is 221 Å². The molecule has 1 amide bonds. The molecule has 0 aromatic heterocycles. The van der Waals surface area contributed by atoms with Crippen LogP contribution in [0, 0.1) is 11.8 Å². The fraction of sp³-hybridized carbons (Fsp3) is 0.500. The van der Waals surface area contributed by atoms with Crippen LogP contribution in [0.3, 0.4) is 0 Å². The Balaban J connectivity index is 0.000000877. The quantitative estimate of drug-likeness (QED) is 0.359. The van der Waals surface area contributed by atoms with Crippen LogP contribution >= 0.6 is 0 Å². The first kappa shape index (κ1) is 30.4. The Morgan fingerprint density at radius 2 is 1.62 bits per heavy atom. The van der Waals surface area contributed by atoms with E-state index in [0.717, 1.165) is 43.8 Å². The molecule has 7 nitrogen and oxygen atoms in total. The number of likely N-dealkylation sites (N-methyl/N-ethyl adjacent to an activating group) is 2. The number of rotatable bonds is 13. The van der Waals surface area contributed by atoms with Crippen LogP contribution in [0.15, 0.2) is 48.5 Å².